The van der Waals surface area contributed by atoms with Crippen LogP contribution < -0.4 is 5.73 Å². The van der Waals surface area contributed by atoms with E-state index < -0.39 is 0 Å². The third-order valence-corrected chi connectivity index (χ3v) is 3.06. The summed E-state index contributed by atoms with van der Waals surface area (Å²) in [6.45, 7) is 0.816. The maximum atomic E-state index is 10.6. The lowest BCUT2D eigenvalue weighted by atomic mass is 10.2. The van der Waals surface area contributed by atoms with Crippen molar-refractivity contribution in [1.29, 1.82) is 0 Å². The predicted molar refractivity (Wildman–Crippen MR) is 70.2 cm³/mol. The summed E-state index contributed by atoms with van der Waals surface area (Å²) < 4.78 is 2.79. The Morgan fingerprint density at radius 2 is 2.12 bits per heavy atom. The number of nitrogens with two attached hydrogens (primary N) is 1. The van der Waals surface area contributed by atoms with E-state index in [2.05, 4.69) is 9.55 Å². The van der Waals surface area contributed by atoms with E-state index in [1.54, 1.807) is 0 Å². The van der Waals surface area contributed by atoms with Gasteiger partial charge in [-0.1, -0.05) is 12.1 Å². The third kappa shape index (κ3) is 2.74. The van der Waals surface area contributed by atoms with Crippen molar-refractivity contribution >= 4 is 29.2 Å². The number of aryl methyl sites for hydroxylation is 1. The summed E-state index contributed by atoms with van der Waals surface area (Å²) in [5.74, 6) is -0.243. The summed E-state index contributed by atoms with van der Waals surface area (Å²) in [4.78, 5) is 13.8. The Bertz CT molecular complexity index is 585. The van der Waals surface area contributed by atoms with Crippen LogP contribution in [0.25, 0.3) is 11.0 Å². The Morgan fingerprint density at radius 3 is 2.88 bits per heavy atom. The van der Waals surface area contributed by atoms with Crippen LogP contribution in [0.5, 0.6) is 0 Å². The van der Waals surface area contributed by atoms with Crippen LogP contribution in [0, 0.1) is 4.77 Å². The molecule has 2 aromatic rings. The van der Waals surface area contributed by atoms with Gasteiger partial charge in [-0.25, -0.2) is 0 Å². The maximum absolute atomic E-state index is 10.6. The molecular formula is C12H15N3OS. The molecule has 3 N–H and O–H groups in total. The Balaban J connectivity index is 2.10. The fourth-order valence-electron chi connectivity index (χ4n) is 1.90. The van der Waals surface area contributed by atoms with Crippen LogP contribution in [0.15, 0.2) is 24.3 Å². The summed E-state index contributed by atoms with van der Waals surface area (Å²) in [5, 5.41) is 0. The summed E-state index contributed by atoms with van der Waals surface area (Å²) in [6.07, 6.45) is 2.14. The molecule has 0 atom stereocenters. The SMILES string of the molecule is NC(=O)CCCCn1c(=S)[nH]c2ccccc21. The lowest BCUT2D eigenvalue weighted by Gasteiger charge is -2.03. The Morgan fingerprint density at radius 1 is 1.35 bits per heavy atom. The topological polar surface area (TPSA) is 63.8 Å². The number of hydrogen-bond donors (Lipinski definition) is 2. The van der Waals surface area contributed by atoms with E-state index in [9.17, 15) is 4.79 Å². The molecule has 0 aliphatic rings. The van der Waals surface area contributed by atoms with Crippen molar-refractivity contribution in [3.05, 3.63) is 29.0 Å². The number of rotatable bonds is 5. The van der Waals surface area contributed by atoms with Crippen molar-refractivity contribution in [3.63, 3.8) is 0 Å². The molecule has 0 aliphatic heterocycles. The molecule has 5 heteroatoms. The van der Waals surface area contributed by atoms with Gasteiger partial charge in [-0.2, -0.15) is 0 Å². The molecule has 1 heterocycles. The number of nitrogens with one attached hydrogen (secondary N) is 1. The highest BCUT2D eigenvalue weighted by Crippen LogP contribution is 2.14. The lowest BCUT2D eigenvalue weighted by molar-refractivity contribution is -0.118. The van der Waals surface area contributed by atoms with Gasteiger partial charge in [-0.15, -0.1) is 0 Å². The molecule has 0 bridgehead atoms. The standard InChI is InChI=1S/C12H15N3OS/c13-11(16)7-3-4-8-15-10-6-2-1-5-9(10)14-12(15)17/h1-2,5-6H,3-4,7-8H2,(H2,13,16)(H,14,17). The van der Waals surface area contributed by atoms with E-state index in [-0.39, 0.29) is 5.91 Å². The van der Waals surface area contributed by atoms with E-state index in [0.717, 1.165) is 35.2 Å². The van der Waals surface area contributed by atoms with Crippen LogP contribution in [0.1, 0.15) is 19.3 Å². The van der Waals surface area contributed by atoms with Crippen molar-refractivity contribution in [2.75, 3.05) is 0 Å². The number of H-pyrrole nitrogens is 1. The number of imidazole rings is 1. The van der Waals surface area contributed by atoms with E-state index in [4.69, 9.17) is 18.0 Å². The highest BCUT2D eigenvalue weighted by molar-refractivity contribution is 7.71. The van der Waals surface area contributed by atoms with Crippen LogP contribution in [0.2, 0.25) is 0 Å². The molecule has 17 heavy (non-hydrogen) atoms. The monoisotopic (exact) mass is 249 g/mol. The van der Waals surface area contributed by atoms with Gasteiger partial charge in [0.25, 0.3) is 0 Å². The zero-order chi connectivity index (χ0) is 12.3. The van der Waals surface area contributed by atoms with E-state index >= 15 is 0 Å². The molecule has 90 valence electrons. The highest BCUT2D eigenvalue weighted by Gasteiger charge is 2.03. The van der Waals surface area contributed by atoms with Crippen LogP contribution in [0.4, 0.5) is 0 Å². The molecule has 0 saturated carbocycles. The van der Waals surface area contributed by atoms with Crippen LogP contribution in [0.3, 0.4) is 0 Å². The molecule has 0 unspecified atom stereocenters. The fourth-order valence-corrected chi connectivity index (χ4v) is 2.20. The number of aromatic amines is 1. The predicted octanol–water partition coefficient (Wildman–Crippen LogP) is 2.35. The number of hydrogen-bond acceptors (Lipinski definition) is 2. The number of carbonyl (C=O) groups is 1. The van der Waals surface area contributed by atoms with Gasteiger partial charge in [0, 0.05) is 13.0 Å². The lowest BCUT2D eigenvalue weighted by Crippen LogP contribution is -2.10. The minimum atomic E-state index is -0.243. The second-order valence-electron chi connectivity index (χ2n) is 4.02. The number of amides is 1. The number of fused-ring (bicyclic) bond motifs is 1. The highest BCUT2D eigenvalue weighted by atomic mass is 32.1. The normalized spacial score (nSPS) is 10.8. The molecule has 1 aromatic carbocycles. The number of para-hydroxylation sites is 2. The number of nitrogens with zero attached hydrogens (tertiary/aromatic N) is 1. The molecule has 1 amide bonds. The van der Waals surface area contributed by atoms with Crippen LogP contribution in [-0.4, -0.2) is 15.5 Å². The smallest absolute Gasteiger partial charge is 0.217 e. The molecule has 2 rings (SSSR count). The average Bonchev–Trinajstić information content (AvgIpc) is 2.60. The van der Waals surface area contributed by atoms with Gasteiger partial charge >= 0.3 is 0 Å². The molecule has 0 spiro atoms. The Kier molecular flexibility index (Phi) is 3.58. The molecule has 1 aromatic heterocycles. The molecule has 4 nitrogen and oxygen atoms in total. The van der Waals surface area contributed by atoms with Crippen LogP contribution in [-0.2, 0) is 11.3 Å². The first-order chi connectivity index (χ1) is 8.18. The molecular weight excluding hydrogens is 234 g/mol. The van der Waals surface area contributed by atoms with Gasteiger partial charge in [0.05, 0.1) is 11.0 Å². The van der Waals surface area contributed by atoms with Gasteiger partial charge < -0.3 is 15.3 Å². The number of unbranched alkanes of at least 4 members (excludes halogenated alkanes) is 1. The molecule has 0 saturated heterocycles. The largest absolute Gasteiger partial charge is 0.370 e. The fraction of sp³-hybridized carbons (Fsp3) is 0.333. The van der Waals surface area contributed by atoms with Crippen molar-refractivity contribution in [2.45, 2.75) is 25.8 Å². The van der Waals surface area contributed by atoms with Gasteiger partial charge in [-0.05, 0) is 37.2 Å². The minimum Gasteiger partial charge on any atom is -0.370 e. The summed E-state index contributed by atoms with van der Waals surface area (Å²) in [6, 6.07) is 8.01. The summed E-state index contributed by atoms with van der Waals surface area (Å²) in [7, 11) is 0. The van der Waals surface area contributed by atoms with Crippen molar-refractivity contribution in [2.24, 2.45) is 5.73 Å². The van der Waals surface area contributed by atoms with Gasteiger partial charge in [0.15, 0.2) is 4.77 Å². The maximum Gasteiger partial charge on any atom is 0.217 e. The molecule has 0 aliphatic carbocycles. The van der Waals surface area contributed by atoms with E-state index in [0.29, 0.717) is 6.42 Å². The second kappa shape index (κ2) is 5.14. The zero-order valence-corrected chi connectivity index (χ0v) is 10.3. The van der Waals surface area contributed by atoms with Gasteiger partial charge in [0.1, 0.15) is 0 Å². The number of benzene rings is 1. The van der Waals surface area contributed by atoms with Crippen molar-refractivity contribution in [3.8, 4) is 0 Å². The minimum absolute atomic E-state index is 0.243. The van der Waals surface area contributed by atoms with E-state index in [1.807, 2.05) is 24.3 Å². The quantitative estimate of drug-likeness (QED) is 0.631. The van der Waals surface area contributed by atoms with E-state index in [1.165, 1.54) is 0 Å². The van der Waals surface area contributed by atoms with Crippen molar-refractivity contribution in [1.82, 2.24) is 9.55 Å². The zero-order valence-electron chi connectivity index (χ0n) is 9.48. The first-order valence-electron chi connectivity index (χ1n) is 5.64. The molecule has 0 fully saturated rings. The number of aromatic nitrogens is 2. The average molecular weight is 249 g/mol. The van der Waals surface area contributed by atoms with Gasteiger partial charge in [-0.3, -0.25) is 4.79 Å². The molecule has 0 radical (unpaired) electrons. The summed E-state index contributed by atoms with van der Waals surface area (Å²) in [5.41, 5.74) is 7.26. The van der Waals surface area contributed by atoms with Crippen molar-refractivity contribution < 1.29 is 4.79 Å². The second-order valence-corrected chi connectivity index (χ2v) is 4.41. The Hall–Kier alpha value is -1.62. The first kappa shape index (κ1) is 11.9. The summed E-state index contributed by atoms with van der Waals surface area (Å²) >= 11 is 5.27. The third-order valence-electron chi connectivity index (χ3n) is 2.74. The first-order valence-corrected chi connectivity index (χ1v) is 6.05. The number of primary amides is 1. The van der Waals surface area contributed by atoms with Gasteiger partial charge in [0.2, 0.25) is 5.91 Å². The Labute approximate surface area is 104 Å². The van der Waals surface area contributed by atoms with Crippen LogP contribution >= 0.6 is 12.2 Å². The number of carbonyl (C=O) groups excluding carboxylic acids is 1.